The van der Waals surface area contributed by atoms with Crippen LogP contribution in [-0.2, 0) is 16.0 Å². The molecular weight excluding hydrogens is 394 g/mol. The van der Waals surface area contributed by atoms with Crippen LogP contribution in [0.3, 0.4) is 0 Å². The van der Waals surface area contributed by atoms with Crippen LogP contribution in [0.1, 0.15) is 23.6 Å². The van der Waals surface area contributed by atoms with E-state index in [2.05, 4.69) is 0 Å². The summed E-state index contributed by atoms with van der Waals surface area (Å²) in [4.78, 5) is 27.4. The van der Waals surface area contributed by atoms with Gasteiger partial charge in [0, 0.05) is 6.42 Å². The van der Waals surface area contributed by atoms with Crippen molar-refractivity contribution in [3.63, 3.8) is 0 Å². The molecule has 0 saturated heterocycles. The monoisotopic (exact) mass is 415 g/mol. The number of phenols is 2. The van der Waals surface area contributed by atoms with E-state index < -0.39 is 17.7 Å². The van der Waals surface area contributed by atoms with Crippen molar-refractivity contribution in [3.05, 3.63) is 101 Å². The molecule has 0 saturated carbocycles. The average Bonchev–Trinajstić information content (AvgIpc) is 3.04. The van der Waals surface area contributed by atoms with Crippen molar-refractivity contribution in [2.75, 3.05) is 4.90 Å². The second-order valence-electron chi connectivity index (χ2n) is 7.33. The fourth-order valence-electron chi connectivity index (χ4n) is 3.85. The molecule has 3 aromatic carbocycles. The van der Waals surface area contributed by atoms with Crippen LogP contribution >= 0.6 is 0 Å². The van der Waals surface area contributed by atoms with Gasteiger partial charge in [0.25, 0.3) is 5.91 Å². The highest BCUT2D eigenvalue weighted by molar-refractivity contribution is 6.17. The first-order valence-corrected chi connectivity index (χ1v) is 9.88. The lowest BCUT2D eigenvalue weighted by Gasteiger charge is -2.27. The number of aliphatic hydroxyl groups is 1. The van der Waals surface area contributed by atoms with Crippen LogP contribution in [0.4, 0.5) is 5.69 Å². The number of para-hydroxylation sites is 2. The minimum Gasteiger partial charge on any atom is -0.508 e. The van der Waals surface area contributed by atoms with Gasteiger partial charge in [0.2, 0.25) is 0 Å². The lowest BCUT2D eigenvalue weighted by molar-refractivity contribution is -0.118. The molecule has 1 amide bonds. The molecule has 0 spiro atoms. The number of phenolic OH excluding ortho intramolecular Hbond substituents is 2. The van der Waals surface area contributed by atoms with Crippen molar-refractivity contribution in [1.82, 2.24) is 0 Å². The highest BCUT2D eigenvalue weighted by Gasteiger charge is 2.44. The number of rotatable bonds is 6. The molecular formula is C25H21NO5. The minimum atomic E-state index is -0.976. The summed E-state index contributed by atoms with van der Waals surface area (Å²) in [6.07, 6.45) is 0.550. The van der Waals surface area contributed by atoms with Gasteiger partial charge >= 0.3 is 0 Å². The van der Waals surface area contributed by atoms with E-state index in [-0.39, 0.29) is 35.0 Å². The molecule has 6 nitrogen and oxygen atoms in total. The van der Waals surface area contributed by atoms with Crippen molar-refractivity contribution >= 4 is 17.4 Å². The fraction of sp³-hybridized carbons (Fsp3) is 0.120. The van der Waals surface area contributed by atoms with Crippen LogP contribution in [-0.4, -0.2) is 27.0 Å². The maximum atomic E-state index is 13.2. The number of Topliss-reactive ketones (excluding diaryl/α,β-unsaturated/α-hetero) is 1. The first-order chi connectivity index (χ1) is 15.0. The Labute approximate surface area is 179 Å². The number of carbonyl (C=O) groups is 2. The van der Waals surface area contributed by atoms with Crippen molar-refractivity contribution in [3.8, 4) is 11.5 Å². The normalized spacial score (nSPS) is 16.1. The van der Waals surface area contributed by atoms with Gasteiger partial charge in [0.15, 0.2) is 11.5 Å². The Hall–Kier alpha value is -4.06. The first-order valence-electron chi connectivity index (χ1n) is 9.88. The van der Waals surface area contributed by atoms with Gasteiger partial charge in [-0.25, -0.2) is 0 Å². The Morgan fingerprint density at radius 2 is 1.58 bits per heavy atom. The molecule has 0 fully saturated rings. The number of amides is 1. The zero-order chi connectivity index (χ0) is 22.0. The van der Waals surface area contributed by atoms with Crippen LogP contribution in [0.2, 0.25) is 0 Å². The van der Waals surface area contributed by atoms with Crippen LogP contribution < -0.4 is 4.90 Å². The molecule has 0 radical (unpaired) electrons. The summed E-state index contributed by atoms with van der Waals surface area (Å²) in [5.41, 5.74) is 1.53. The predicted octanol–water partition coefficient (Wildman–Crippen LogP) is 4.20. The third-order valence-corrected chi connectivity index (χ3v) is 5.32. The van der Waals surface area contributed by atoms with E-state index in [1.165, 1.54) is 29.2 Å². The van der Waals surface area contributed by atoms with Crippen LogP contribution in [0.5, 0.6) is 11.5 Å². The Balaban J connectivity index is 1.75. The minimum absolute atomic E-state index is 0.0374. The van der Waals surface area contributed by atoms with Gasteiger partial charge in [-0.1, -0.05) is 54.6 Å². The molecule has 4 rings (SSSR count). The van der Waals surface area contributed by atoms with E-state index >= 15 is 0 Å². The summed E-state index contributed by atoms with van der Waals surface area (Å²) in [5.74, 6) is -2.00. The molecule has 31 heavy (non-hydrogen) atoms. The van der Waals surface area contributed by atoms with Crippen LogP contribution in [0.25, 0.3) is 0 Å². The number of aryl methyl sites for hydroxylation is 1. The third kappa shape index (κ3) is 3.88. The van der Waals surface area contributed by atoms with Crippen molar-refractivity contribution in [2.45, 2.75) is 18.9 Å². The smallest absolute Gasteiger partial charge is 0.294 e. The highest BCUT2D eigenvalue weighted by atomic mass is 16.3. The van der Waals surface area contributed by atoms with Crippen LogP contribution in [0.15, 0.2) is 90.2 Å². The Kier molecular flexibility index (Phi) is 5.45. The van der Waals surface area contributed by atoms with Crippen LogP contribution in [0, 0.1) is 0 Å². The van der Waals surface area contributed by atoms with Gasteiger partial charge in [-0.3, -0.25) is 14.5 Å². The highest BCUT2D eigenvalue weighted by Crippen LogP contribution is 2.44. The van der Waals surface area contributed by atoms with Crippen molar-refractivity contribution < 1.29 is 24.9 Å². The topological polar surface area (TPSA) is 98.1 Å². The number of anilines is 1. The van der Waals surface area contributed by atoms with Gasteiger partial charge in [-0.15, -0.1) is 0 Å². The summed E-state index contributed by atoms with van der Waals surface area (Å²) in [6, 6.07) is 20.9. The molecule has 0 aromatic heterocycles. The number of hydrogen-bond acceptors (Lipinski definition) is 5. The zero-order valence-corrected chi connectivity index (χ0v) is 16.6. The largest absolute Gasteiger partial charge is 0.508 e. The van der Waals surface area contributed by atoms with Gasteiger partial charge in [-0.2, -0.15) is 0 Å². The molecule has 1 atom stereocenters. The molecule has 3 aromatic rings. The maximum Gasteiger partial charge on any atom is 0.294 e. The molecule has 1 aliphatic heterocycles. The Morgan fingerprint density at radius 3 is 2.29 bits per heavy atom. The number of carbonyl (C=O) groups excluding carboxylic acids is 2. The van der Waals surface area contributed by atoms with E-state index in [1.807, 2.05) is 30.3 Å². The predicted molar refractivity (Wildman–Crippen MR) is 116 cm³/mol. The second-order valence-corrected chi connectivity index (χ2v) is 7.33. The molecule has 1 unspecified atom stereocenters. The number of ketones is 1. The van der Waals surface area contributed by atoms with Gasteiger partial charge in [-0.05, 0) is 41.8 Å². The molecule has 6 heteroatoms. The number of aliphatic hydroxyl groups excluding tert-OH is 1. The van der Waals surface area contributed by atoms with E-state index in [1.54, 1.807) is 24.3 Å². The standard InChI is InChI=1S/C25H21NO5/c27-18-10-6-9-17(15-18)23-22(21(29)14-13-16-7-2-1-3-8-16)24(30)25(31)26(23)19-11-4-5-12-20(19)28/h1-12,15,23,27-28,30H,13-14H2. The Bertz CT molecular complexity index is 1170. The van der Waals surface area contributed by atoms with Gasteiger partial charge in [0.05, 0.1) is 17.3 Å². The lowest BCUT2D eigenvalue weighted by Crippen LogP contribution is -2.31. The summed E-state index contributed by atoms with van der Waals surface area (Å²) in [5, 5.41) is 31.0. The van der Waals surface area contributed by atoms with Gasteiger partial charge < -0.3 is 15.3 Å². The van der Waals surface area contributed by atoms with Gasteiger partial charge in [0.1, 0.15) is 11.5 Å². The quantitative estimate of drug-likeness (QED) is 0.561. The molecule has 156 valence electrons. The van der Waals surface area contributed by atoms with E-state index in [9.17, 15) is 24.9 Å². The lowest BCUT2D eigenvalue weighted by atomic mass is 9.93. The SMILES string of the molecule is O=C(CCc1ccccc1)C1=C(O)C(=O)N(c2ccccc2O)C1c1cccc(O)c1. The molecule has 0 aliphatic carbocycles. The first kappa shape index (κ1) is 20.2. The summed E-state index contributed by atoms with van der Waals surface area (Å²) < 4.78 is 0. The maximum absolute atomic E-state index is 13.2. The van der Waals surface area contributed by atoms with Crippen molar-refractivity contribution in [1.29, 1.82) is 0 Å². The van der Waals surface area contributed by atoms with E-state index in [0.717, 1.165) is 5.56 Å². The molecule has 1 heterocycles. The summed E-state index contributed by atoms with van der Waals surface area (Å²) >= 11 is 0. The summed E-state index contributed by atoms with van der Waals surface area (Å²) in [7, 11) is 0. The second kappa shape index (κ2) is 8.36. The Morgan fingerprint density at radius 1 is 0.871 bits per heavy atom. The summed E-state index contributed by atoms with van der Waals surface area (Å²) in [6.45, 7) is 0. The van der Waals surface area contributed by atoms with Crippen molar-refractivity contribution in [2.24, 2.45) is 0 Å². The third-order valence-electron chi connectivity index (χ3n) is 5.32. The molecule has 1 aliphatic rings. The number of aromatic hydroxyl groups is 2. The molecule has 0 bridgehead atoms. The molecule has 3 N–H and O–H groups in total. The number of hydrogen-bond donors (Lipinski definition) is 3. The van der Waals surface area contributed by atoms with E-state index in [4.69, 9.17) is 0 Å². The average molecular weight is 415 g/mol. The number of nitrogens with zero attached hydrogens (tertiary/aromatic N) is 1. The zero-order valence-electron chi connectivity index (χ0n) is 16.6. The number of benzene rings is 3. The van der Waals surface area contributed by atoms with E-state index in [0.29, 0.717) is 12.0 Å². The fourth-order valence-corrected chi connectivity index (χ4v) is 3.85.